The van der Waals surface area contributed by atoms with E-state index < -0.39 is 0 Å². The van der Waals surface area contributed by atoms with Gasteiger partial charge >= 0.3 is 0 Å². The number of fused-ring (bicyclic) bond motifs is 1. The van der Waals surface area contributed by atoms with Crippen molar-refractivity contribution in [3.05, 3.63) is 23.3 Å². The van der Waals surface area contributed by atoms with E-state index in [1.54, 1.807) is 0 Å². The molecule has 2 heterocycles. The Labute approximate surface area is 139 Å². The molecule has 5 heteroatoms. The van der Waals surface area contributed by atoms with Crippen molar-refractivity contribution in [2.45, 2.75) is 58.8 Å². The van der Waals surface area contributed by atoms with Crippen molar-refractivity contribution in [1.29, 1.82) is 0 Å². The van der Waals surface area contributed by atoms with Crippen molar-refractivity contribution in [2.75, 3.05) is 13.2 Å². The molecule has 0 aromatic heterocycles. The van der Waals surface area contributed by atoms with Crippen LogP contribution in [0.1, 0.15) is 38.8 Å². The van der Waals surface area contributed by atoms with E-state index in [2.05, 4.69) is 49.1 Å². The molecule has 4 unspecified atom stereocenters. The molecule has 1 aromatic rings. The molecule has 5 nitrogen and oxygen atoms in total. The molecule has 0 radical (unpaired) electrons. The molecular formula is C18H29N3O2. The lowest BCUT2D eigenvalue weighted by Crippen LogP contribution is -2.39. The zero-order valence-electron chi connectivity index (χ0n) is 14.6. The van der Waals surface area contributed by atoms with Crippen LogP contribution in [0.2, 0.25) is 0 Å². The van der Waals surface area contributed by atoms with Crippen LogP contribution in [0.5, 0.6) is 11.5 Å². The van der Waals surface area contributed by atoms with E-state index in [1.165, 1.54) is 11.1 Å². The van der Waals surface area contributed by atoms with Crippen LogP contribution in [0.4, 0.5) is 0 Å². The quantitative estimate of drug-likeness (QED) is 0.749. The lowest BCUT2D eigenvalue weighted by atomic mass is 9.95. The third-order valence-corrected chi connectivity index (χ3v) is 4.95. The minimum Gasteiger partial charge on any atom is -0.494 e. The van der Waals surface area contributed by atoms with Crippen LogP contribution in [0.3, 0.4) is 0 Å². The fourth-order valence-corrected chi connectivity index (χ4v) is 3.56. The third kappa shape index (κ3) is 3.62. The third-order valence-electron chi connectivity index (χ3n) is 4.95. The first-order valence-corrected chi connectivity index (χ1v) is 8.75. The Bertz CT molecular complexity index is 549. The first kappa shape index (κ1) is 16.6. The molecule has 2 aliphatic heterocycles. The first-order chi connectivity index (χ1) is 11.1. The Morgan fingerprint density at radius 3 is 2.91 bits per heavy atom. The Hall–Kier alpha value is -1.30. The van der Waals surface area contributed by atoms with E-state index in [0.717, 1.165) is 31.0 Å². The summed E-state index contributed by atoms with van der Waals surface area (Å²) >= 11 is 0. The molecule has 1 fully saturated rings. The topological polar surface area (TPSA) is 54.5 Å². The molecule has 0 aliphatic carbocycles. The largest absolute Gasteiger partial charge is 0.494 e. The van der Waals surface area contributed by atoms with Crippen LogP contribution in [0.25, 0.3) is 0 Å². The summed E-state index contributed by atoms with van der Waals surface area (Å²) in [7, 11) is 0. The second-order valence-electron chi connectivity index (χ2n) is 6.78. The van der Waals surface area contributed by atoms with Crippen molar-refractivity contribution in [2.24, 2.45) is 5.92 Å². The zero-order valence-corrected chi connectivity index (χ0v) is 14.6. The molecule has 128 valence electrons. The molecule has 2 aliphatic rings. The highest BCUT2D eigenvalue weighted by molar-refractivity contribution is 5.48. The van der Waals surface area contributed by atoms with Gasteiger partial charge in [-0.25, -0.2) is 0 Å². The van der Waals surface area contributed by atoms with Crippen LogP contribution >= 0.6 is 0 Å². The smallest absolute Gasteiger partial charge is 0.124 e. The van der Waals surface area contributed by atoms with Gasteiger partial charge in [-0.15, -0.1) is 0 Å². The fourth-order valence-electron chi connectivity index (χ4n) is 3.56. The Morgan fingerprint density at radius 1 is 1.39 bits per heavy atom. The predicted molar refractivity (Wildman–Crippen MR) is 91.8 cm³/mol. The van der Waals surface area contributed by atoms with Crippen molar-refractivity contribution in [3.8, 4) is 11.5 Å². The fraction of sp³-hybridized carbons (Fsp3) is 0.667. The Balaban J connectivity index is 1.70. The maximum absolute atomic E-state index is 5.90. The minimum atomic E-state index is 0.262. The van der Waals surface area contributed by atoms with Gasteiger partial charge in [0, 0.05) is 48.6 Å². The summed E-state index contributed by atoms with van der Waals surface area (Å²) in [6.07, 6.45) is 1.23. The van der Waals surface area contributed by atoms with E-state index in [1.807, 2.05) is 6.92 Å². The summed E-state index contributed by atoms with van der Waals surface area (Å²) in [6, 6.07) is 5.21. The van der Waals surface area contributed by atoms with Gasteiger partial charge in [-0.3, -0.25) is 10.9 Å². The average molecular weight is 319 g/mol. The average Bonchev–Trinajstić information content (AvgIpc) is 3.09. The second kappa shape index (κ2) is 7.07. The monoisotopic (exact) mass is 319 g/mol. The molecule has 0 amide bonds. The van der Waals surface area contributed by atoms with Gasteiger partial charge in [-0.05, 0) is 39.8 Å². The summed E-state index contributed by atoms with van der Waals surface area (Å²) in [5.41, 5.74) is 8.96. The number of nitrogens with one attached hydrogen (secondary N) is 3. The second-order valence-corrected chi connectivity index (χ2v) is 6.78. The highest BCUT2D eigenvalue weighted by Gasteiger charge is 2.28. The van der Waals surface area contributed by atoms with Gasteiger partial charge in [-0.1, -0.05) is 0 Å². The van der Waals surface area contributed by atoms with E-state index in [9.17, 15) is 0 Å². The molecule has 3 rings (SSSR count). The van der Waals surface area contributed by atoms with E-state index in [-0.39, 0.29) is 6.10 Å². The minimum absolute atomic E-state index is 0.262. The molecule has 0 saturated carbocycles. The molecule has 23 heavy (non-hydrogen) atoms. The molecule has 0 spiro atoms. The first-order valence-electron chi connectivity index (χ1n) is 8.75. The van der Waals surface area contributed by atoms with Crippen molar-refractivity contribution < 1.29 is 9.47 Å². The molecule has 4 atom stereocenters. The number of hydrazine groups is 1. The maximum Gasteiger partial charge on any atom is 0.124 e. The van der Waals surface area contributed by atoms with E-state index in [4.69, 9.17) is 9.47 Å². The number of hydrogen-bond acceptors (Lipinski definition) is 5. The highest BCUT2D eigenvalue weighted by Crippen LogP contribution is 2.35. The molecule has 3 N–H and O–H groups in total. The van der Waals surface area contributed by atoms with Gasteiger partial charge in [0.15, 0.2) is 0 Å². The lowest BCUT2D eigenvalue weighted by molar-refractivity contribution is 0.254. The van der Waals surface area contributed by atoms with Gasteiger partial charge in [0.05, 0.1) is 6.61 Å². The lowest BCUT2D eigenvalue weighted by Gasteiger charge is -2.24. The molecule has 0 bridgehead atoms. The van der Waals surface area contributed by atoms with Gasteiger partial charge in [-0.2, -0.15) is 0 Å². The van der Waals surface area contributed by atoms with Gasteiger partial charge in [0.1, 0.15) is 17.6 Å². The number of ether oxygens (including phenoxy) is 2. The molecular weight excluding hydrogens is 290 g/mol. The number of rotatable bonds is 6. The zero-order chi connectivity index (χ0) is 16.4. The van der Waals surface area contributed by atoms with Crippen molar-refractivity contribution in [1.82, 2.24) is 16.2 Å². The summed E-state index contributed by atoms with van der Waals surface area (Å²) in [6.45, 7) is 11.1. The van der Waals surface area contributed by atoms with Gasteiger partial charge in [0.2, 0.25) is 0 Å². The summed E-state index contributed by atoms with van der Waals surface area (Å²) < 4.78 is 11.8. The van der Waals surface area contributed by atoms with Crippen molar-refractivity contribution in [3.63, 3.8) is 0 Å². The van der Waals surface area contributed by atoms with Crippen LogP contribution < -0.4 is 25.6 Å². The van der Waals surface area contributed by atoms with Crippen LogP contribution in [-0.2, 0) is 13.0 Å². The normalized spacial score (nSPS) is 27.6. The van der Waals surface area contributed by atoms with E-state index in [0.29, 0.717) is 24.6 Å². The number of hydrogen-bond donors (Lipinski definition) is 3. The van der Waals surface area contributed by atoms with Crippen molar-refractivity contribution >= 4 is 0 Å². The number of benzene rings is 1. The molecule has 1 aromatic carbocycles. The van der Waals surface area contributed by atoms with Gasteiger partial charge in [0.25, 0.3) is 0 Å². The summed E-state index contributed by atoms with van der Waals surface area (Å²) in [5, 5.41) is 3.66. The Kier molecular flexibility index (Phi) is 5.09. The van der Waals surface area contributed by atoms with E-state index >= 15 is 0 Å². The van der Waals surface area contributed by atoms with Crippen LogP contribution in [0.15, 0.2) is 12.1 Å². The van der Waals surface area contributed by atoms with Gasteiger partial charge < -0.3 is 14.8 Å². The van der Waals surface area contributed by atoms with Crippen LogP contribution in [-0.4, -0.2) is 31.3 Å². The summed E-state index contributed by atoms with van der Waals surface area (Å²) in [4.78, 5) is 0. The maximum atomic E-state index is 5.90. The Morgan fingerprint density at radius 2 is 2.22 bits per heavy atom. The standard InChI is InChI=1S/C18H29N3O2/c1-5-22-17-7-14-6-11(2)23-18(14)8-15(17)9-19-12(3)16-10-20-21-13(16)4/h7-8,11-13,16,19-21H,5-6,9-10H2,1-4H3. The highest BCUT2D eigenvalue weighted by atomic mass is 16.5. The SMILES string of the molecule is CCOc1cc2c(cc1CNC(C)C1CNNC1C)OC(C)C2. The van der Waals surface area contributed by atoms with Crippen LogP contribution in [0, 0.1) is 5.92 Å². The predicted octanol–water partition coefficient (Wildman–Crippen LogP) is 2.00. The summed E-state index contributed by atoms with van der Waals surface area (Å²) in [5.74, 6) is 2.58. The molecule has 1 saturated heterocycles.